The van der Waals surface area contributed by atoms with Gasteiger partial charge in [0.05, 0.1) is 6.10 Å². The first kappa shape index (κ1) is 21.7. The van der Waals surface area contributed by atoms with Crippen molar-refractivity contribution in [1.82, 2.24) is 0 Å². The highest BCUT2D eigenvalue weighted by Crippen LogP contribution is 2.30. The van der Waals surface area contributed by atoms with Crippen molar-refractivity contribution in [2.45, 2.75) is 25.9 Å². The second-order valence-electron chi connectivity index (χ2n) is 7.07. The molecule has 0 amide bonds. The van der Waals surface area contributed by atoms with Gasteiger partial charge >= 0.3 is 0 Å². The summed E-state index contributed by atoms with van der Waals surface area (Å²) in [7, 11) is 0. The van der Waals surface area contributed by atoms with Gasteiger partial charge in [0.15, 0.2) is 11.6 Å². The molecule has 2 nitrogen and oxygen atoms in total. The van der Waals surface area contributed by atoms with Crippen LogP contribution in [0.2, 0.25) is 0 Å². The summed E-state index contributed by atoms with van der Waals surface area (Å²) in [4.78, 5) is 0. The number of aryl methyl sites for hydroxylation is 2. The predicted molar refractivity (Wildman–Crippen MR) is 112 cm³/mol. The van der Waals surface area contributed by atoms with Crippen LogP contribution in [-0.4, -0.2) is 11.7 Å². The van der Waals surface area contributed by atoms with Crippen LogP contribution in [0.1, 0.15) is 29.7 Å². The van der Waals surface area contributed by atoms with E-state index in [-0.39, 0.29) is 23.5 Å². The number of benzene rings is 3. The molecule has 0 aliphatic rings. The van der Waals surface area contributed by atoms with Crippen molar-refractivity contribution in [2.75, 3.05) is 6.61 Å². The summed E-state index contributed by atoms with van der Waals surface area (Å²) in [6.07, 6.45) is 1.90. The molecular formula is C25H23F3O2. The molecule has 1 N–H and O–H groups in total. The molecule has 5 heteroatoms. The van der Waals surface area contributed by atoms with Crippen molar-refractivity contribution in [1.29, 1.82) is 0 Å². The molecule has 1 unspecified atom stereocenters. The van der Waals surface area contributed by atoms with Crippen molar-refractivity contribution in [2.24, 2.45) is 0 Å². The normalized spacial score (nSPS) is 11.9. The number of aliphatic hydroxyl groups is 1. The molecule has 3 aromatic rings. The fraction of sp³-hybridized carbons (Fsp3) is 0.200. The fourth-order valence-corrected chi connectivity index (χ4v) is 3.22. The van der Waals surface area contributed by atoms with Gasteiger partial charge in [-0.3, -0.25) is 0 Å². The van der Waals surface area contributed by atoms with Gasteiger partial charge in [-0.25, -0.2) is 8.78 Å². The molecule has 0 aliphatic carbocycles. The van der Waals surface area contributed by atoms with E-state index in [0.29, 0.717) is 18.4 Å². The average molecular weight is 412 g/mol. The maximum absolute atomic E-state index is 14.4. The van der Waals surface area contributed by atoms with Crippen molar-refractivity contribution in [3.05, 3.63) is 101 Å². The summed E-state index contributed by atoms with van der Waals surface area (Å²) in [5.41, 5.74) is 2.80. The number of hydrogen-bond donors (Lipinski definition) is 1. The van der Waals surface area contributed by atoms with Gasteiger partial charge in [0.25, 0.3) is 0 Å². The molecule has 0 spiro atoms. The van der Waals surface area contributed by atoms with E-state index in [1.807, 2.05) is 12.1 Å². The maximum Gasteiger partial charge on any atom is 0.201 e. The molecule has 156 valence electrons. The molecule has 0 bridgehead atoms. The Morgan fingerprint density at radius 1 is 0.933 bits per heavy atom. The number of hydrogen-bond acceptors (Lipinski definition) is 2. The van der Waals surface area contributed by atoms with Crippen LogP contribution in [0.5, 0.6) is 5.75 Å². The summed E-state index contributed by atoms with van der Waals surface area (Å²) in [5.74, 6) is -2.56. The van der Waals surface area contributed by atoms with E-state index in [1.54, 1.807) is 24.3 Å². The van der Waals surface area contributed by atoms with E-state index in [0.717, 1.165) is 11.1 Å². The number of rotatable bonds is 8. The number of halogens is 3. The van der Waals surface area contributed by atoms with Crippen LogP contribution < -0.4 is 4.74 Å². The van der Waals surface area contributed by atoms with Crippen LogP contribution in [0.25, 0.3) is 11.1 Å². The van der Waals surface area contributed by atoms with Gasteiger partial charge in [0, 0.05) is 11.1 Å². The van der Waals surface area contributed by atoms with Crippen molar-refractivity contribution in [3.8, 4) is 16.9 Å². The maximum atomic E-state index is 14.4. The summed E-state index contributed by atoms with van der Waals surface area (Å²) in [6, 6.07) is 14.9. The highest BCUT2D eigenvalue weighted by atomic mass is 19.2. The monoisotopic (exact) mass is 412 g/mol. The zero-order valence-corrected chi connectivity index (χ0v) is 16.7. The molecule has 1 atom stereocenters. The fourth-order valence-electron chi connectivity index (χ4n) is 3.22. The molecule has 3 aromatic carbocycles. The lowest BCUT2D eigenvalue weighted by Crippen LogP contribution is -1.99. The van der Waals surface area contributed by atoms with Crippen molar-refractivity contribution >= 4 is 0 Å². The van der Waals surface area contributed by atoms with Gasteiger partial charge < -0.3 is 9.84 Å². The molecule has 0 heterocycles. The quantitative estimate of drug-likeness (QED) is 0.448. The van der Waals surface area contributed by atoms with Gasteiger partial charge in [0.2, 0.25) is 5.82 Å². The zero-order valence-electron chi connectivity index (χ0n) is 16.7. The Labute approximate surface area is 174 Å². The average Bonchev–Trinajstić information content (AvgIpc) is 2.73. The van der Waals surface area contributed by atoms with Gasteiger partial charge in [-0.2, -0.15) is 4.39 Å². The lowest BCUT2D eigenvalue weighted by atomic mass is 9.99. The molecule has 3 rings (SSSR count). The van der Waals surface area contributed by atoms with Crippen LogP contribution >= 0.6 is 0 Å². The molecule has 30 heavy (non-hydrogen) atoms. The molecule has 0 saturated heterocycles. The standard InChI is InChI=1S/C25H23F3O2/c1-3-14-30-23-13-12-21(24(27)25(23)28)19-9-6-17(7-10-19)4-5-18-8-11-20(16(2)29)22(26)15-18/h3,6-13,15-16,29H,1,4-5,14H2,2H3. The first-order chi connectivity index (χ1) is 14.4. The minimum atomic E-state index is -1.03. The van der Waals surface area contributed by atoms with Gasteiger partial charge in [-0.15, -0.1) is 0 Å². The van der Waals surface area contributed by atoms with Crippen molar-refractivity contribution < 1.29 is 23.0 Å². The smallest absolute Gasteiger partial charge is 0.201 e. The lowest BCUT2D eigenvalue weighted by molar-refractivity contribution is 0.194. The van der Waals surface area contributed by atoms with E-state index >= 15 is 0 Å². The summed E-state index contributed by atoms with van der Waals surface area (Å²) in [5, 5.41) is 9.51. The number of aliphatic hydroxyl groups excluding tert-OH is 1. The molecule has 0 saturated carbocycles. The first-order valence-corrected chi connectivity index (χ1v) is 9.68. The van der Waals surface area contributed by atoms with Crippen LogP contribution in [-0.2, 0) is 12.8 Å². The molecule has 0 radical (unpaired) electrons. The van der Waals surface area contributed by atoms with E-state index in [4.69, 9.17) is 4.74 Å². The Hall–Kier alpha value is -3.05. The van der Waals surface area contributed by atoms with Crippen LogP contribution in [0.4, 0.5) is 13.2 Å². The third-order valence-corrected chi connectivity index (χ3v) is 4.89. The second kappa shape index (κ2) is 9.63. The Kier molecular flexibility index (Phi) is 6.95. The van der Waals surface area contributed by atoms with E-state index in [2.05, 4.69) is 6.58 Å². The minimum absolute atomic E-state index is 0.0933. The summed E-state index contributed by atoms with van der Waals surface area (Å²) in [6.45, 7) is 5.10. The van der Waals surface area contributed by atoms with Crippen molar-refractivity contribution in [3.63, 3.8) is 0 Å². The lowest BCUT2D eigenvalue weighted by Gasteiger charge is -2.10. The highest BCUT2D eigenvalue weighted by Gasteiger charge is 2.15. The zero-order chi connectivity index (χ0) is 21.7. The first-order valence-electron chi connectivity index (χ1n) is 9.68. The summed E-state index contributed by atoms with van der Waals surface area (Å²) >= 11 is 0. The van der Waals surface area contributed by atoms with Gasteiger partial charge in [0.1, 0.15) is 12.4 Å². The van der Waals surface area contributed by atoms with Gasteiger partial charge in [-0.05, 0) is 54.7 Å². The number of ether oxygens (including phenoxy) is 1. The molecule has 0 aromatic heterocycles. The minimum Gasteiger partial charge on any atom is -0.486 e. The van der Waals surface area contributed by atoms with Crippen LogP contribution in [0.15, 0.2) is 67.3 Å². The Morgan fingerprint density at radius 3 is 2.23 bits per heavy atom. The topological polar surface area (TPSA) is 29.5 Å². The van der Waals surface area contributed by atoms with E-state index in [1.165, 1.54) is 31.2 Å². The third-order valence-electron chi connectivity index (χ3n) is 4.89. The van der Waals surface area contributed by atoms with Crippen LogP contribution in [0, 0.1) is 17.5 Å². The Bertz CT molecular complexity index is 1030. The molecule has 0 aliphatic heterocycles. The third kappa shape index (κ3) is 4.92. The SMILES string of the molecule is C=CCOc1ccc(-c2ccc(CCc3ccc(C(C)O)c(F)c3)cc2)c(F)c1F. The second-order valence-corrected chi connectivity index (χ2v) is 7.07. The molecular weight excluding hydrogens is 389 g/mol. The Morgan fingerprint density at radius 2 is 1.60 bits per heavy atom. The predicted octanol–water partition coefficient (Wildman–Crippen LogP) is 6.17. The van der Waals surface area contributed by atoms with E-state index < -0.39 is 23.6 Å². The van der Waals surface area contributed by atoms with Gasteiger partial charge in [-0.1, -0.05) is 49.1 Å². The van der Waals surface area contributed by atoms with E-state index in [9.17, 15) is 18.3 Å². The Balaban J connectivity index is 1.70. The van der Waals surface area contributed by atoms with Crippen LogP contribution in [0.3, 0.4) is 0 Å². The largest absolute Gasteiger partial charge is 0.486 e. The summed E-state index contributed by atoms with van der Waals surface area (Å²) < 4.78 is 47.7. The molecule has 0 fully saturated rings. The highest BCUT2D eigenvalue weighted by molar-refractivity contribution is 5.65.